The minimum absolute atomic E-state index is 0.143. The van der Waals surface area contributed by atoms with E-state index in [9.17, 15) is 46.8 Å². The van der Waals surface area contributed by atoms with Gasteiger partial charge in [-0.3, -0.25) is 38.4 Å². The lowest BCUT2D eigenvalue weighted by atomic mass is 10.0. The monoisotopic (exact) mass is 640 g/mol. The lowest BCUT2D eigenvalue weighted by molar-refractivity contribution is -0.144. The summed E-state index contributed by atoms with van der Waals surface area (Å²) in [5.74, 6) is -10.1. The molecular weight excluding hydrogens is 612 g/mol. The third-order valence-electron chi connectivity index (χ3n) is 7.10. The van der Waals surface area contributed by atoms with Crippen molar-refractivity contribution in [3.05, 3.63) is 58.7 Å². The van der Waals surface area contributed by atoms with Crippen molar-refractivity contribution in [2.75, 3.05) is 26.3 Å². The smallest absolute Gasteiger partial charge is 0.307 e. The first-order valence-electron chi connectivity index (χ1n) is 13.9. The summed E-state index contributed by atoms with van der Waals surface area (Å²) in [6.45, 7) is 3.14. The Balaban J connectivity index is 1.51. The van der Waals surface area contributed by atoms with Gasteiger partial charge in [-0.25, -0.2) is 8.42 Å². The molecule has 2 aromatic rings. The third kappa shape index (κ3) is 6.43. The number of Topliss-reactive ketones (excluding diaryl/α,β-unsaturated/α-hetero) is 4. The quantitative estimate of drug-likeness (QED) is 0.242. The molecule has 2 unspecified atom stereocenters. The van der Waals surface area contributed by atoms with Crippen LogP contribution in [0.25, 0.3) is 0 Å². The minimum atomic E-state index is -4.43. The highest BCUT2D eigenvalue weighted by molar-refractivity contribution is 7.91. The van der Waals surface area contributed by atoms with E-state index in [4.69, 9.17) is 9.47 Å². The number of hydrogen-bond donors (Lipinski definition) is 2. The van der Waals surface area contributed by atoms with Crippen molar-refractivity contribution in [3.8, 4) is 0 Å². The first-order valence-corrected chi connectivity index (χ1v) is 15.4. The molecule has 2 aliphatic rings. The normalized spacial score (nSPS) is 17.0. The average Bonchev–Trinajstić information content (AvgIpc) is 3.40. The van der Waals surface area contributed by atoms with Gasteiger partial charge in [-0.1, -0.05) is 0 Å². The molecule has 14 nitrogen and oxygen atoms in total. The molecule has 0 aromatic heterocycles. The zero-order valence-electron chi connectivity index (χ0n) is 24.2. The van der Waals surface area contributed by atoms with Gasteiger partial charge in [0.1, 0.15) is 0 Å². The number of carbonyl (C=O) groups is 8. The summed E-state index contributed by atoms with van der Waals surface area (Å²) >= 11 is 0. The fourth-order valence-electron chi connectivity index (χ4n) is 4.94. The number of ether oxygens (including phenoxy) is 2. The highest BCUT2D eigenvalue weighted by Crippen LogP contribution is 2.34. The molecule has 2 amide bonds. The van der Waals surface area contributed by atoms with Gasteiger partial charge < -0.3 is 20.1 Å². The van der Waals surface area contributed by atoms with E-state index in [1.54, 1.807) is 13.8 Å². The summed E-state index contributed by atoms with van der Waals surface area (Å²) in [4.78, 5) is 99.1. The average molecular weight is 641 g/mol. The molecule has 2 N–H and O–H groups in total. The fraction of sp³-hybridized carbons (Fsp3) is 0.333. The Labute approximate surface area is 256 Å². The van der Waals surface area contributed by atoms with Crippen molar-refractivity contribution in [1.82, 2.24) is 10.6 Å². The van der Waals surface area contributed by atoms with Crippen molar-refractivity contribution in [3.63, 3.8) is 0 Å². The molecule has 2 atom stereocenters. The van der Waals surface area contributed by atoms with Crippen molar-refractivity contribution in [1.29, 1.82) is 0 Å². The van der Waals surface area contributed by atoms with Gasteiger partial charge in [0.15, 0.2) is 35.0 Å². The highest BCUT2D eigenvalue weighted by Gasteiger charge is 2.45. The van der Waals surface area contributed by atoms with Gasteiger partial charge >= 0.3 is 11.9 Å². The number of hydrogen-bond acceptors (Lipinski definition) is 12. The first kappa shape index (κ1) is 32.9. The van der Waals surface area contributed by atoms with Crippen molar-refractivity contribution < 1.29 is 56.2 Å². The second-order valence-electron chi connectivity index (χ2n) is 9.93. The Morgan fingerprint density at radius 3 is 1.33 bits per heavy atom. The first-order chi connectivity index (χ1) is 21.3. The van der Waals surface area contributed by atoms with Crippen LogP contribution in [0, 0.1) is 11.8 Å². The highest BCUT2D eigenvalue weighted by atomic mass is 32.2. The van der Waals surface area contributed by atoms with E-state index in [0.29, 0.717) is 0 Å². The van der Waals surface area contributed by atoms with Crippen LogP contribution in [0.3, 0.4) is 0 Å². The van der Waals surface area contributed by atoms with Gasteiger partial charge in [-0.2, -0.15) is 0 Å². The van der Waals surface area contributed by atoms with E-state index >= 15 is 0 Å². The zero-order valence-corrected chi connectivity index (χ0v) is 25.0. The fourth-order valence-corrected chi connectivity index (χ4v) is 6.25. The molecule has 0 saturated carbocycles. The number of carbonyl (C=O) groups excluding carboxylic acids is 8. The molecular formula is C30H28N2O12S. The molecule has 0 saturated heterocycles. The van der Waals surface area contributed by atoms with Gasteiger partial charge in [0.2, 0.25) is 21.7 Å². The van der Waals surface area contributed by atoms with E-state index < -0.39 is 78.3 Å². The Bertz CT molecular complexity index is 1640. The predicted octanol–water partition coefficient (Wildman–Crippen LogP) is 0.649. The number of rotatable bonds is 12. The Morgan fingerprint density at radius 1 is 0.622 bits per heavy atom. The summed E-state index contributed by atoms with van der Waals surface area (Å²) in [5, 5.41) is 4.67. The van der Waals surface area contributed by atoms with Crippen LogP contribution in [0.2, 0.25) is 0 Å². The minimum Gasteiger partial charge on any atom is -0.466 e. The Morgan fingerprint density at radius 2 is 0.978 bits per heavy atom. The van der Waals surface area contributed by atoms with Crippen LogP contribution in [-0.2, 0) is 38.5 Å². The second-order valence-corrected chi connectivity index (χ2v) is 11.9. The van der Waals surface area contributed by atoms with Gasteiger partial charge in [-0.05, 0) is 50.2 Å². The van der Waals surface area contributed by atoms with Crippen molar-refractivity contribution in [2.45, 2.75) is 36.5 Å². The SMILES string of the molecule is CCOC(=O)CCNC(=O)C1C(=O)c2ccc(S(=O)(=O)c3ccc4c(c3)C(=O)C(C(=O)NCCC(=O)OCC)C4=O)cc2C1=O. The van der Waals surface area contributed by atoms with E-state index in [0.717, 1.165) is 36.4 Å². The summed E-state index contributed by atoms with van der Waals surface area (Å²) in [7, 11) is -4.43. The van der Waals surface area contributed by atoms with Gasteiger partial charge in [-0.15, -0.1) is 0 Å². The summed E-state index contributed by atoms with van der Waals surface area (Å²) in [5.41, 5.74) is -0.899. The standard InChI is InChI=1S/C30H28N2O12S/c1-3-43-21(33)9-11-31-29(39)23-25(35)17-7-5-15(13-19(17)27(23)37)45(41,42)16-6-8-18-20(14-16)28(38)24(26(18)36)30(40)32-12-10-22(34)44-4-2/h5-8,13-14,23-24H,3-4,9-12H2,1-2H3,(H,31,39)(H,32,40). The lowest BCUT2D eigenvalue weighted by Crippen LogP contribution is -2.37. The molecule has 0 aliphatic heterocycles. The van der Waals surface area contributed by atoms with Crippen LogP contribution in [0.5, 0.6) is 0 Å². The molecule has 2 aliphatic carbocycles. The van der Waals surface area contributed by atoms with Crippen LogP contribution < -0.4 is 10.6 Å². The van der Waals surface area contributed by atoms with Gasteiger partial charge in [0.25, 0.3) is 0 Å². The van der Waals surface area contributed by atoms with Gasteiger partial charge in [0, 0.05) is 35.3 Å². The van der Waals surface area contributed by atoms with Crippen LogP contribution in [0.15, 0.2) is 46.2 Å². The molecule has 2 aromatic carbocycles. The maximum atomic E-state index is 13.5. The molecule has 0 fully saturated rings. The van der Waals surface area contributed by atoms with Crippen molar-refractivity contribution in [2.24, 2.45) is 11.8 Å². The van der Waals surface area contributed by atoms with Crippen LogP contribution in [0.1, 0.15) is 68.1 Å². The van der Waals surface area contributed by atoms with E-state index in [1.807, 2.05) is 0 Å². The topological polar surface area (TPSA) is 213 Å². The molecule has 236 valence electrons. The maximum absolute atomic E-state index is 13.5. The number of amides is 2. The van der Waals surface area contributed by atoms with E-state index in [2.05, 4.69) is 10.6 Å². The molecule has 0 bridgehead atoms. The van der Waals surface area contributed by atoms with Crippen molar-refractivity contribution >= 4 is 56.7 Å². The zero-order chi connectivity index (χ0) is 33.1. The van der Waals surface area contributed by atoms with Crippen LogP contribution >= 0.6 is 0 Å². The largest absolute Gasteiger partial charge is 0.466 e. The molecule has 0 spiro atoms. The Kier molecular flexibility index (Phi) is 9.71. The molecule has 45 heavy (non-hydrogen) atoms. The number of ketones is 4. The van der Waals surface area contributed by atoms with E-state index in [1.165, 1.54) is 0 Å². The van der Waals surface area contributed by atoms with Crippen LogP contribution in [-0.4, -0.2) is 81.6 Å². The number of sulfone groups is 1. The maximum Gasteiger partial charge on any atom is 0.307 e. The lowest BCUT2D eigenvalue weighted by Gasteiger charge is -2.08. The van der Waals surface area contributed by atoms with Gasteiger partial charge in [0.05, 0.1) is 35.8 Å². The molecule has 15 heteroatoms. The number of fused-ring (bicyclic) bond motifs is 2. The summed E-state index contributed by atoms with van der Waals surface area (Å²) in [6.07, 6.45) is -0.362. The number of nitrogens with one attached hydrogen (secondary N) is 2. The molecule has 0 radical (unpaired) electrons. The molecule has 4 rings (SSSR count). The molecule has 0 heterocycles. The number of benzene rings is 2. The summed E-state index contributed by atoms with van der Waals surface area (Å²) < 4.78 is 36.5. The summed E-state index contributed by atoms with van der Waals surface area (Å²) in [6, 6.07) is 6.26. The van der Waals surface area contributed by atoms with E-state index in [-0.39, 0.29) is 61.4 Å². The third-order valence-corrected chi connectivity index (χ3v) is 8.85. The number of esters is 2. The van der Waals surface area contributed by atoms with Crippen LogP contribution in [0.4, 0.5) is 0 Å². The predicted molar refractivity (Wildman–Crippen MR) is 151 cm³/mol. The Hall–Kier alpha value is -5.05. The second kappa shape index (κ2) is 13.3.